The van der Waals surface area contributed by atoms with Crippen molar-refractivity contribution in [2.24, 2.45) is 0 Å². The number of rotatable bonds is 2. The van der Waals surface area contributed by atoms with Gasteiger partial charge in [-0.25, -0.2) is 0 Å². The zero-order chi connectivity index (χ0) is 13.5. The Morgan fingerprint density at radius 3 is 1.65 bits per heavy atom. The van der Waals surface area contributed by atoms with Crippen LogP contribution in [-0.4, -0.2) is 0 Å². The van der Waals surface area contributed by atoms with E-state index in [0.29, 0.717) is 0 Å². The quantitative estimate of drug-likeness (QED) is 0.789. The summed E-state index contributed by atoms with van der Waals surface area (Å²) >= 11 is -2.85. The summed E-state index contributed by atoms with van der Waals surface area (Å²) in [5.74, 6) is 0. The van der Waals surface area contributed by atoms with Gasteiger partial charge in [-0.1, -0.05) is 0 Å². The zero-order valence-corrected chi connectivity index (χ0v) is 13.4. The van der Waals surface area contributed by atoms with Gasteiger partial charge in [0.1, 0.15) is 0 Å². The van der Waals surface area contributed by atoms with E-state index >= 15 is 0 Å². The van der Waals surface area contributed by atoms with E-state index in [1.54, 1.807) is 0 Å². The van der Waals surface area contributed by atoms with Gasteiger partial charge in [-0.05, 0) is 0 Å². The second-order valence-electron chi connectivity index (χ2n) is 5.33. The third kappa shape index (κ3) is 1.86. The van der Waals surface area contributed by atoms with Crippen LogP contribution in [-0.2, 0) is 24.6 Å². The Labute approximate surface area is 126 Å². The van der Waals surface area contributed by atoms with E-state index in [0.717, 1.165) is 0 Å². The molecule has 0 heterocycles. The van der Waals surface area contributed by atoms with Gasteiger partial charge >= 0.3 is 127 Å². The Hall–Kier alpha value is -1.40. The van der Waals surface area contributed by atoms with E-state index in [9.17, 15) is 2.81 Å². The zero-order valence-electron chi connectivity index (χ0n) is 11.0. The molecule has 2 aliphatic carbocycles. The predicted octanol–water partition coefficient (Wildman–Crippen LogP) is 4.49. The van der Waals surface area contributed by atoms with Crippen LogP contribution in [0, 0.1) is 0 Å². The van der Waals surface area contributed by atoms with Crippen molar-refractivity contribution in [1.82, 2.24) is 0 Å². The van der Waals surface area contributed by atoms with Gasteiger partial charge in [0.2, 0.25) is 0 Å². The van der Waals surface area contributed by atoms with E-state index in [2.05, 4.69) is 48.6 Å². The molecule has 4 rings (SSSR count). The standard InChI is InChI=1S/2C9H7.O.Zr/c2*1-2-5-9-7-3-6-8(9)4-1;;/h2*1-7H;;. The summed E-state index contributed by atoms with van der Waals surface area (Å²) in [6, 6.07) is 16.7. The molecule has 0 aliphatic heterocycles. The maximum atomic E-state index is 13.2. The van der Waals surface area contributed by atoms with E-state index in [1.165, 1.54) is 22.3 Å². The summed E-state index contributed by atoms with van der Waals surface area (Å²) in [6.45, 7) is 0. The first kappa shape index (κ1) is 12.4. The SMILES string of the molecule is [O]=[Zr]([CH]1C=Cc2ccccc21)[CH]1C=Cc2ccccc21. The van der Waals surface area contributed by atoms with E-state index in [-0.39, 0.29) is 7.25 Å². The summed E-state index contributed by atoms with van der Waals surface area (Å²) in [7, 11) is 0. The number of fused-ring (bicyclic) bond motifs is 2. The molecule has 2 atom stereocenters. The summed E-state index contributed by atoms with van der Waals surface area (Å²) in [5.41, 5.74) is 4.99. The molecular weight excluding hydrogens is 323 g/mol. The fraction of sp³-hybridized carbons (Fsp3) is 0.111. The Morgan fingerprint density at radius 2 is 1.15 bits per heavy atom. The Bertz CT molecular complexity index is 694. The minimum absolute atomic E-state index is 0.175. The minimum atomic E-state index is -2.85. The maximum absolute atomic E-state index is 13.2. The first-order chi connectivity index (χ1) is 9.84. The van der Waals surface area contributed by atoms with Crippen LogP contribution in [0.3, 0.4) is 0 Å². The fourth-order valence-electron chi connectivity index (χ4n) is 3.19. The third-order valence-corrected chi connectivity index (χ3v) is 9.70. The van der Waals surface area contributed by atoms with Crippen molar-refractivity contribution in [1.29, 1.82) is 0 Å². The van der Waals surface area contributed by atoms with E-state index < -0.39 is 21.8 Å². The van der Waals surface area contributed by atoms with Gasteiger partial charge in [-0.3, -0.25) is 0 Å². The average molecular weight is 338 g/mol. The molecule has 0 N–H and O–H groups in total. The van der Waals surface area contributed by atoms with Crippen molar-refractivity contribution in [2.75, 3.05) is 0 Å². The Kier molecular flexibility index (Phi) is 3.00. The molecular formula is C18H14OZr. The van der Waals surface area contributed by atoms with E-state index in [1.807, 2.05) is 24.3 Å². The second-order valence-corrected chi connectivity index (χ2v) is 10.4. The summed E-state index contributed by atoms with van der Waals surface area (Å²) < 4.78 is 13.5. The molecule has 0 amide bonds. The molecule has 96 valence electrons. The van der Waals surface area contributed by atoms with Crippen molar-refractivity contribution in [2.45, 2.75) is 7.25 Å². The predicted molar refractivity (Wildman–Crippen MR) is 77.1 cm³/mol. The van der Waals surface area contributed by atoms with Crippen LogP contribution in [0.5, 0.6) is 0 Å². The molecule has 0 aromatic heterocycles. The fourth-order valence-corrected chi connectivity index (χ4v) is 8.34. The molecule has 0 radical (unpaired) electrons. The van der Waals surface area contributed by atoms with Crippen LogP contribution in [0.4, 0.5) is 0 Å². The average Bonchev–Trinajstić information content (AvgIpc) is 3.11. The van der Waals surface area contributed by atoms with Gasteiger partial charge in [-0.2, -0.15) is 0 Å². The van der Waals surface area contributed by atoms with Crippen LogP contribution in [0.25, 0.3) is 12.2 Å². The molecule has 0 bridgehead atoms. The van der Waals surface area contributed by atoms with Crippen LogP contribution in [0.15, 0.2) is 60.7 Å². The van der Waals surface area contributed by atoms with Gasteiger partial charge in [0.05, 0.1) is 0 Å². The third-order valence-electron chi connectivity index (χ3n) is 4.21. The van der Waals surface area contributed by atoms with Gasteiger partial charge in [-0.15, -0.1) is 0 Å². The number of hydrogen-bond donors (Lipinski definition) is 0. The molecule has 2 aromatic rings. The van der Waals surface area contributed by atoms with Crippen LogP contribution in [0.2, 0.25) is 0 Å². The van der Waals surface area contributed by atoms with Gasteiger partial charge in [0.15, 0.2) is 0 Å². The second kappa shape index (κ2) is 4.86. The molecule has 2 aromatic carbocycles. The van der Waals surface area contributed by atoms with Crippen LogP contribution in [0.1, 0.15) is 29.5 Å². The molecule has 0 saturated carbocycles. The number of benzene rings is 2. The molecule has 1 nitrogen and oxygen atoms in total. The first-order valence-electron chi connectivity index (χ1n) is 6.92. The van der Waals surface area contributed by atoms with E-state index in [4.69, 9.17) is 0 Å². The summed E-state index contributed by atoms with van der Waals surface area (Å²) in [4.78, 5) is 0. The Balaban J connectivity index is 1.71. The number of allylic oxidation sites excluding steroid dienone is 2. The molecule has 20 heavy (non-hydrogen) atoms. The molecule has 2 heteroatoms. The van der Waals surface area contributed by atoms with Crippen molar-refractivity contribution in [3.63, 3.8) is 0 Å². The van der Waals surface area contributed by atoms with Gasteiger partial charge in [0, 0.05) is 0 Å². The van der Waals surface area contributed by atoms with Crippen molar-refractivity contribution in [3.05, 3.63) is 82.9 Å². The van der Waals surface area contributed by atoms with Crippen molar-refractivity contribution < 1.29 is 24.6 Å². The van der Waals surface area contributed by atoms with Crippen LogP contribution < -0.4 is 0 Å². The normalized spacial score (nSPS) is 21.8. The molecule has 2 unspecified atom stereocenters. The summed E-state index contributed by atoms with van der Waals surface area (Å²) in [6.07, 6.45) is 8.56. The molecule has 2 aliphatic rings. The van der Waals surface area contributed by atoms with Gasteiger partial charge in [0.25, 0.3) is 0 Å². The molecule has 0 spiro atoms. The van der Waals surface area contributed by atoms with Crippen molar-refractivity contribution >= 4 is 12.2 Å². The topological polar surface area (TPSA) is 17.1 Å². The summed E-state index contributed by atoms with van der Waals surface area (Å²) in [5, 5.41) is 0. The van der Waals surface area contributed by atoms with Gasteiger partial charge < -0.3 is 0 Å². The molecule has 0 saturated heterocycles. The van der Waals surface area contributed by atoms with Crippen LogP contribution >= 0.6 is 0 Å². The first-order valence-corrected chi connectivity index (χ1v) is 10.8. The Morgan fingerprint density at radius 1 is 0.700 bits per heavy atom. The van der Waals surface area contributed by atoms with Crippen molar-refractivity contribution in [3.8, 4) is 0 Å². The molecule has 0 fully saturated rings. The number of hydrogen-bond acceptors (Lipinski definition) is 1. The monoisotopic (exact) mass is 336 g/mol.